The summed E-state index contributed by atoms with van der Waals surface area (Å²) in [5.74, 6) is -0.141. The van der Waals surface area contributed by atoms with Crippen LogP contribution < -0.4 is 0 Å². The molecule has 0 saturated carbocycles. The summed E-state index contributed by atoms with van der Waals surface area (Å²) in [4.78, 5) is 0. The van der Waals surface area contributed by atoms with E-state index in [0.29, 0.717) is 0 Å². The standard InChI is InChI=1S/C13H19NO4S/c1-10(11-5-3-2-4-6-11)9-19(17,18)14-7-12(15)13(16)8-14/h2-6,10,12-13,15-16H,7-9H2,1H3. The van der Waals surface area contributed by atoms with Crippen molar-refractivity contribution in [3.63, 3.8) is 0 Å². The Balaban J connectivity index is 2.06. The Bertz CT molecular complexity index is 507. The summed E-state index contributed by atoms with van der Waals surface area (Å²) in [6.45, 7) is 1.81. The molecule has 1 aromatic rings. The van der Waals surface area contributed by atoms with E-state index >= 15 is 0 Å². The minimum Gasteiger partial charge on any atom is -0.389 e. The number of aliphatic hydroxyl groups excluding tert-OH is 2. The Morgan fingerprint density at radius 1 is 1.21 bits per heavy atom. The first kappa shape index (κ1) is 14.5. The first-order valence-electron chi connectivity index (χ1n) is 6.29. The van der Waals surface area contributed by atoms with E-state index in [1.165, 1.54) is 4.31 Å². The highest BCUT2D eigenvalue weighted by Gasteiger charge is 2.37. The molecule has 1 aliphatic heterocycles. The molecule has 3 atom stereocenters. The molecule has 0 radical (unpaired) electrons. The minimum absolute atomic E-state index is 0.0174. The van der Waals surface area contributed by atoms with Gasteiger partial charge in [-0.05, 0) is 11.5 Å². The lowest BCUT2D eigenvalue weighted by Gasteiger charge is -2.19. The molecular formula is C13H19NO4S. The predicted octanol–water partition coefficient (Wildman–Crippen LogP) is 0.157. The molecule has 2 N–H and O–H groups in total. The minimum atomic E-state index is -3.46. The summed E-state index contributed by atoms with van der Waals surface area (Å²) in [5, 5.41) is 18.9. The molecule has 106 valence electrons. The predicted molar refractivity (Wildman–Crippen MR) is 72.2 cm³/mol. The van der Waals surface area contributed by atoms with Crippen LogP contribution in [0.4, 0.5) is 0 Å². The maximum absolute atomic E-state index is 12.2. The number of β-amino-alcohol motifs (C(OH)–C–C–N with tert-alkyl or cyclic N) is 2. The maximum atomic E-state index is 12.2. The fraction of sp³-hybridized carbons (Fsp3) is 0.538. The topological polar surface area (TPSA) is 77.8 Å². The number of benzene rings is 1. The van der Waals surface area contributed by atoms with Gasteiger partial charge in [-0.3, -0.25) is 0 Å². The lowest BCUT2D eigenvalue weighted by molar-refractivity contribution is 0.0572. The fourth-order valence-electron chi connectivity index (χ4n) is 2.26. The van der Waals surface area contributed by atoms with Crippen molar-refractivity contribution in [1.29, 1.82) is 0 Å². The zero-order valence-corrected chi connectivity index (χ0v) is 11.6. The van der Waals surface area contributed by atoms with E-state index in [1.807, 2.05) is 37.3 Å². The first-order valence-corrected chi connectivity index (χ1v) is 7.90. The highest BCUT2D eigenvalue weighted by molar-refractivity contribution is 7.89. The summed E-state index contributed by atoms with van der Waals surface area (Å²) in [6.07, 6.45) is -1.97. The first-order chi connectivity index (χ1) is 8.90. The second-order valence-corrected chi connectivity index (χ2v) is 7.06. The normalized spacial score (nSPS) is 26.5. The molecule has 2 rings (SSSR count). The molecule has 1 aliphatic rings. The van der Waals surface area contributed by atoms with Gasteiger partial charge in [0.1, 0.15) is 0 Å². The average molecular weight is 285 g/mol. The van der Waals surface area contributed by atoms with E-state index in [-0.39, 0.29) is 24.8 Å². The quantitative estimate of drug-likeness (QED) is 0.826. The molecule has 0 amide bonds. The SMILES string of the molecule is CC(CS(=O)(=O)N1CC(O)C(O)C1)c1ccccc1. The van der Waals surface area contributed by atoms with Gasteiger partial charge in [-0.25, -0.2) is 8.42 Å². The van der Waals surface area contributed by atoms with E-state index < -0.39 is 22.2 Å². The third kappa shape index (κ3) is 3.33. The van der Waals surface area contributed by atoms with Crippen LogP contribution >= 0.6 is 0 Å². The van der Waals surface area contributed by atoms with Gasteiger partial charge < -0.3 is 10.2 Å². The summed E-state index contributed by atoms with van der Waals surface area (Å²) in [5.41, 5.74) is 0.964. The number of hydrogen-bond donors (Lipinski definition) is 2. The molecule has 5 nitrogen and oxygen atoms in total. The largest absolute Gasteiger partial charge is 0.389 e. The van der Waals surface area contributed by atoms with Crippen molar-refractivity contribution < 1.29 is 18.6 Å². The van der Waals surface area contributed by atoms with Crippen molar-refractivity contribution in [1.82, 2.24) is 4.31 Å². The molecule has 1 heterocycles. The summed E-state index contributed by atoms with van der Waals surface area (Å²) >= 11 is 0. The van der Waals surface area contributed by atoms with Crippen LogP contribution in [-0.2, 0) is 10.0 Å². The summed E-state index contributed by atoms with van der Waals surface area (Å²) < 4.78 is 25.6. The smallest absolute Gasteiger partial charge is 0.214 e. The Morgan fingerprint density at radius 3 is 2.26 bits per heavy atom. The molecule has 0 aliphatic carbocycles. The van der Waals surface area contributed by atoms with Gasteiger partial charge in [-0.2, -0.15) is 4.31 Å². The van der Waals surface area contributed by atoms with Crippen molar-refractivity contribution in [2.75, 3.05) is 18.8 Å². The molecule has 6 heteroatoms. The second kappa shape index (κ2) is 5.58. The fourth-order valence-corrected chi connectivity index (χ4v) is 4.06. The monoisotopic (exact) mass is 285 g/mol. The number of aliphatic hydroxyl groups is 2. The third-order valence-electron chi connectivity index (χ3n) is 3.45. The summed E-state index contributed by atoms with van der Waals surface area (Å²) in [6, 6.07) is 9.43. The van der Waals surface area contributed by atoms with E-state index in [0.717, 1.165) is 5.56 Å². The zero-order valence-electron chi connectivity index (χ0n) is 10.8. The van der Waals surface area contributed by atoms with Crippen molar-refractivity contribution in [3.05, 3.63) is 35.9 Å². The molecule has 0 bridgehead atoms. The van der Waals surface area contributed by atoms with E-state index in [1.54, 1.807) is 0 Å². The van der Waals surface area contributed by atoms with Crippen molar-refractivity contribution >= 4 is 10.0 Å². The Kier molecular flexibility index (Phi) is 4.25. The van der Waals surface area contributed by atoms with Gasteiger partial charge in [0.15, 0.2) is 0 Å². The second-order valence-electron chi connectivity index (χ2n) is 5.04. The van der Waals surface area contributed by atoms with Gasteiger partial charge in [0.05, 0.1) is 18.0 Å². The maximum Gasteiger partial charge on any atom is 0.214 e. The van der Waals surface area contributed by atoms with Crippen molar-refractivity contribution in [3.8, 4) is 0 Å². The molecule has 19 heavy (non-hydrogen) atoms. The van der Waals surface area contributed by atoms with Gasteiger partial charge in [0.25, 0.3) is 0 Å². The van der Waals surface area contributed by atoms with Gasteiger partial charge >= 0.3 is 0 Å². The highest BCUT2D eigenvalue weighted by atomic mass is 32.2. The lowest BCUT2D eigenvalue weighted by Crippen LogP contribution is -2.33. The van der Waals surface area contributed by atoms with Crippen LogP contribution in [-0.4, -0.2) is 54.0 Å². The summed E-state index contributed by atoms with van der Waals surface area (Å²) in [7, 11) is -3.46. The van der Waals surface area contributed by atoms with E-state index in [9.17, 15) is 18.6 Å². The third-order valence-corrected chi connectivity index (χ3v) is 5.45. The van der Waals surface area contributed by atoms with Crippen molar-refractivity contribution in [2.45, 2.75) is 25.0 Å². The number of sulfonamides is 1. The van der Waals surface area contributed by atoms with Crippen LogP contribution in [0.25, 0.3) is 0 Å². The molecular weight excluding hydrogens is 266 g/mol. The van der Waals surface area contributed by atoms with Crippen LogP contribution in [0.2, 0.25) is 0 Å². The number of hydrogen-bond acceptors (Lipinski definition) is 4. The Labute approximate surface area is 113 Å². The zero-order chi connectivity index (χ0) is 14.0. The Morgan fingerprint density at radius 2 is 1.74 bits per heavy atom. The number of rotatable bonds is 4. The van der Waals surface area contributed by atoms with Gasteiger partial charge in [-0.1, -0.05) is 37.3 Å². The highest BCUT2D eigenvalue weighted by Crippen LogP contribution is 2.21. The number of nitrogens with zero attached hydrogens (tertiary/aromatic N) is 1. The molecule has 3 unspecified atom stereocenters. The lowest BCUT2D eigenvalue weighted by atomic mass is 10.0. The average Bonchev–Trinajstić information content (AvgIpc) is 2.71. The van der Waals surface area contributed by atoms with Gasteiger partial charge in [0.2, 0.25) is 10.0 Å². The van der Waals surface area contributed by atoms with Crippen molar-refractivity contribution in [2.24, 2.45) is 0 Å². The van der Waals surface area contributed by atoms with E-state index in [2.05, 4.69) is 0 Å². The van der Waals surface area contributed by atoms with Crippen LogP contribution in [0.15, 0.2) is 30.3 Å². The Hall–Kier alpha value is -0.950. The molecule has 1 saturated heterocycles. The molecule has 1 fully saturated rings. The van der Waals surface area contributed by atoms with Gasteiger partial charge in [-0.15, -0.1) is 0 Å². The van der Waals surface area contributed by atoms with Gasteiger partial charge in [0, 0.05) is 13.1 Å². The van der Waals surface area contributed by atoms with Crippen LogP contribution in [0.1, 0.15) is 18.4 Å². The van der Waals surface area contributed by atoms with E-state index in [4.69, 9.17) is 0 Å². The molecule has 0 spiro atoms. The van der Waals surface area contributed by atoms with Crippen LogP contribution in [0, 0.1) is 0 Å². The molecule has 1 aromatic carbocycles. The molecule has 0 aromatic heterocycles. The van der Waals surface area contributed by atoms with Crippen LogP contribution in [0.3, 0.4) is 0 Å². The van der Waals surface area contributed by atoms with Crippen LogP contribution in [0.5, 0.6) is 0 Å².